The Kier molecular flexibility index (Phi) is 3.84. The van der Waals surface area contributed by atoms with E-state index in [-0.39, 0.29) is 6.61 Å². The van der Waals surface area contributed by atoms with Crippen molar-refractivity contribution in [3.8, 4) is 11.4 Å². The molecule has 1 aromatic heterocycles. The number of halogens is 3. The van der Waals surface area contributed by atoms with Crippen LogP contribution in [-0.2, 0) is 6.61 Å². The highest BCUT2D eigenvalue weighted by Gasteiger charge is 2.10. The highest BCUT2D eigenvalue weighted by atomic mass is 35.5. The van der Waals surface area contributed by atoms with Gasteiger partial charge in [0, 0.05) is 23.5 Å². The van der Waals surface area contributed by atoms with Crippen LogP contribution in [0.25, 0.3) is 11.4 Å². The van der Waals surface area contributed by atoms with Crippen LogP contribution in [0.1, 0.15) is 5.56 Å². The largest absolute Gasteiger partial charge is 0.392 e. The molecule has 1 N–H and O–H groups in total. The van der Waals surface area contributed by atoms with Crippen LogP contribution in [0.5, 0.6) is 0 Å². The quantitative estimate of drug-likeness (QED) is 0.859. The molecule has 0 aliphatic heterocycles. The van der Waals surface area contributed by atoms with Gasteiger partial charge in [0.1, 0.15) is 0 Å². The second-order valence-electron chi connectivity index (χ2n) is 3.32. The normalized spacial score (nSPS) is 10.6. The summed E-state index contributed by atoms with van der Waals surface area (Å²) in [6, 6.07) is 3.16. The van der Waals surface area contributed by atoms with Crippen LogP contribution in [-0.4, -0.2) is 15.1 Å². The molecule has 0 saturated heterocycles. The summed E-state index contributed by atoms with van der Waals surface area (Å²) in [5.74, 6) is 0.436. The maximum atomic E-state index is 8.89. The lowest BCUT2D eigenvalue weighted by atomic mass is 10.2. The first-order valence-corrected chi connectivity index (χ1v) is 5.82. The topological polar surface area (TPSA) is 46.0 Å². The summed E-state index contributed by atoms with van der Waals surface area (Å²) in [4.78, 5) is 8.19. The van der Waals surface area contributed by atoms with E-state index >= 15 is 0 Å². The van der Waals surface area contributed by atoms with E-state index in [9.17, 15) is 0 Å². The number of hydrogen-bond acceptors (Lipinski definition) is 3. The lowest BCUT2D eigenvalue weighted by molar-refractivity contribution is 0.281. The smallest absolute Gasteiger partial charge is 0.160 e. The maximum absolute atomic E-state index is 8.89. The molecular formula is C11H7Cl3N2O. The van der Waals surface area contributed by atoms with Gasteiger partial charge in [-0.2, -0.15) is 0 Å². The first-order valence-electron chi connectivity index (χ1n) is 4.68. The summed E-state index contributed by atoms with van der Waals surface area (Å²) in [6.45, 7) is -0.102. The molecule has 3 nitrogen and oxygen atoms in total. The zero-order valence-corrected chi connectivity index (χ0v) is 10.8. The fraction of sp³-hybridized carbons (Fsp3) is 0.0909. The summed E-state index contributed by atoms with van der Waals surface area (Å²) in [5.41, 5.74) is 1.23. The number of benzene rings is 1. The Labute approximate surface area is 113 Å². The molecule has 2 rings (SSSR count). The maximum Gasteiger partial charge on any atom is 0.160 e. The standard InChI is InChI=1S/C11H7Cl3N2O/c12-8-2-10(14)9(13)1-7(8)11-15-3-6(5-17)4-16-11/h1-4,17H,5H2. The van der Waals surface area contributed by atoms with Crippen LogP contribution in [0, 0.1) is 0 Å². The minimum absolute atomic E-state index is 0.102. The third kappa shape index (κ3) is 2.69. The molecule has 0 fully saturated rings. The summed E-state index contributed by atoms with van der Waals surface area (Å²) in [6.07, 6.45) is 3.06. The second-order valence-corrected chi connectivity index (χ2v) is 4.54. The first-order chi connectivity index (χ1) is 8.11. The summed E-state index contributed by atoms with van der Waals surface area (Å²) in [5, 5.41) is 10.1. The number of aliphatic hydroxyl groups excluding tert-OH is 1. The second kappa shape index (κ2) is 5.19. The lowest BCUT2D eigenvalue weighted by Gasteiger charge is -2.05. The Morgan fingerprint density at radius 3 is 2.12 bits per heavy atom. The van der Waals surface area contributed by atoms with Gasteiger partial charge in [-0.15, -0.1) is 0 Å². The Bertz CT molecular complexity index is 543. The molecule has 6 heteroatoms. The van der Waals surface area contributed by atoms with Crippen LogP contribution in [0.3, 0.4) is 0 Å². The average molecular weight is 290 g/mol. The molecule has 0 radical (unpaired) electrons. The molecule has 1 aromatic carbocycles. The van der Waals surface area contributed by atoms with Crippen molar-refractivity contribution in [3.63, 3.8) is 0 Å². The monoisotopic (exact) mass is 288 g/mol. The van der Waals surface area contributed by atoms with Gasteiger partial charge in [-0.3, -0.25) is 0 Å². The van der Waals surface area contributed by atoms with Gasteiger partial charge in [0.15, 0.2) is 5.82 Å². The molecule has 0 atom stereocenters. The lowest BCUT2D eigenvalue weighted by Crippen LogP contribution is -1.93. The van der Waals surface area contributed by atoms with Crippen LogP contribution in [0.2, 0.25) is 15.1 Å². The van der Waals surface area contributed by atoms with Crippen LogP contribution in [0.4, 0.5) is 0 Å². The van der Waals surface area contributed by atoms with E-state index < -0.39 is 0 Å². The van der Waals surface area contributed by atoms with E-state index in [1.165, 1.54) is 12.4 Å². The molecule has 0 saturated carbocycles. The van der Waals surface area contributed by atoms with E-state index in [0.29, 0.717) is 32.0 Å². The number of aliphatic hydroxyl groups is 1. The highest BCUT2D eigenvalue weighted by molar-refractivity contribution is 6.44. The van der Waals surface area contributed by atoms with Gasteiger partial charge in [0.05, 0.1) is 21.7 Å². The van der Waals surface area contributed by atoms with Gasteiger partial charge >= 0.3 is 0 Å². The van der Waals surface area contributed by atoms with E-state index in [1.54, 1.807) is 12.1 Å². The Morgan fingerprint density at radius 2 is 1.53 bits per heavy atom. The minimum atomic E-state index is -0.102. The number of rotatable bonds is 2. The molecule has 1 heterocycles. The first kappa shape index (κ1) is 12.6. The van der Waals surface area contributed by atoms with Gasteiger partial charge < -0.3 is 5.11 Å². The van der Waals surface area contributed by atoms with Crippen LogP contribution in [0.15, 0.2) is 24.5 Å². The molecular weight excluding hydrogens is 282 g/mol. The Morgan fingerprint density at radius 1 is 0.941 bits per heavy atom. The zero-order chi connectivity index (χ0) is 12.4. The Hall–Kier alpha value is -0.870. The molecule has 0 spiro atoms. The Balaban J connectivity index is 2.48. The molecule has 0 aliphatic carbocycles. The van der Waals surface area contributed by atoms with Crippen LogP contribution >= 0.6 is 34.8 Å². The van der Waals surface area contributed by atoms with Gasteiger partial charge in [0.2, 0.25) is 0 Å². The van der Waals surface area contributed by atoms with Crippen molar-refractivity contribution in [1.82, 2.24) is 9.97 Å². The van der Waals surface area contributed by atoms with Gasteiger partial charge in [-0.25, -0.2) is 9.97 Å². The SMILES string of the molecule is OCc1cnc(-c2cc(Cl)c(Cl)cc2Cl)nc1. The van der Waals surface area contributed by atoms with Crippen LogP contribution < -0.4 is 0 Å². The van der Waals surface area contributed by atoms with Crippen molar-refractivity contribution in [2.24, 2.45) is 0 Å². The van der Waals surface area contributed by atoms with Crippen molar-refractivity contribution >= 4 is 34.8 Å². The van der Waals surface area contributed by atoms with E-state index in [1.807, 2.05) is 0 Å². The average Bonchev–Trinajstić information content (AvgIpc) is 2.34. The number of hydrogen-bond donors (Lipinski definition) is 1. The van der Waals surface area contributed by atoms with Gasteiger partial charge in [-0.05, 0) is 12.1 Å². The highest BCUT2D eigenvalue weighted by Crippen LogP contribution is 2.33. The molecule has 0 aliphatic rings. The van der Waals surface area contributed by atoms with Gasteiger partial charge in [-0.1, -0.05) is 34.8 Å². The summed E-state index contributed by atoms with van der Waals surface area (Å²) >= 11 is 17.8. The molecule has 88 valence electrons. The van der Waals surface area contributed by atoms with E-state index in [0.717, 1.165) is 0 Å². The third-order valence-corrected chi connectivity index (χ3v) is 3.17. The predicted octanol–water partition coefficient (Wildman–Crippen LogP) is 3.60. The predicted molar refractivity (Wildman–Crippen MR) is 68.4 cm³/mol. The van der Waals surface area contributed by atoms with E-state index in [2.05, 4.69) is 9.97 Å². The zero-order valence-electron chi connectivity index (χ0n) is 8.49. The molecule has 0 bridgehead atoms. The van der Waals surface area contributed by atoms with Crippen molar-refractivity contribution in [2.75, 3.05) is 0 Å². The van der Waals surface area contributed by atoms with Gasteiger partial charge in [0.25, 0.3) is 0 Å². The fourth-order valence-electron chi connectivity index (χ4n) is 1.27. The van der Waals surface area contributed by atoms with Crippen molar-refractivity contribution in [1.29, 1.82) is 0 Å². The minimum Gasteiger partial charge on any atom is -0.392 e. The summed E-state index contributed by atoms with van der Waals surface area (Å²) in [7, 11) is 0. The third-order valence-electron chi connectivity index (χ3n) is 2.14. The van der Waals surface area contributed by atoms with E-state index in [4.69, 9.17) is 39.9 Å². The summed E-state index contributed by atoms with van der Waals surface area (Å²) < 4.78 is 0. The van der Waals surface area contributed by atoms with Crippen molar-refractivity contribution in [2.45, 2.75) is 6.61 Å². The molecule has 17 heavy (non-hydrogen) atoms. The van der Waals surface area contributed by atoms with Crippen molar-refractivity contribution < 1.29 is 5.11 Å². The molecule has 0 unspecified atom stereocenters. The molecule has 2 aromatic rings. The number of aromatic nitrogens is 2. The van der Waals surface area contributed by atoms with Crippen molar-refractivity contribution in [3.05, 3.63) is 45.2 Å². The molecule has 0 amide bonds. The number of nitrogens with zero attached hydrogens (tertiary/aromatic N) is 2. The fourth-order valence-corrected chi connectivity index (χ4v) is 1.90.